The van der Waals surface area contributed by atoms with E-state index in [9.17, 15) is 4.79 Å². The molecule has 0 spiro atoms. The first kappa shape index (κ1) is 16.4. The van der Waals surface area contributed by atoms with Crippen LogP contribution in [0.5, 0.6) is 0 Å². The molecule has 0 atom stereocenters. The summed E-state index contributed by atoms with van der Waals surface area (Å²) in [6.07, 6.45) is 0. The molecular weight excluding hydrogens is 357 g/mol. The Labute approximate surface area is 146 Å². The van der Waals surface area contributed by atoms with E-state index in [1.807, 2.05) is 0 Å². The minimum atomic E-state index is -0.542. The van der Waals surface area contributed by atoms with Crippen molar-refractivity contribution in [1.29, 1.82) is 0 Å². The van der Waals surface area contributed by atoms with E-state index in [1.54, 1.807) is 24.3 Å². The van der Waals surface area contributed by atoms with Crippen LogP contribution in [0.1, 0.15) is 16.3 Å². The molecule has 124 valence electrons. The Morgan fingerprint density at radius 2 is 2.00 bits per heavy atom. The molecule has 0 fully saturated rings. The molecule has 0 radical (unpaired) electrons. The molecule has 2 aromatic heterocycles. The van der Waals surface area contributed by atoms with Gasteiger partial charge in [-0.05, 0) is 30.3 Å². The fourth-order valence-corrected chi connectivity index (χ4v) is 2.47. The lowest BCUT2D eigenvalue weighted by molar-refractivity contribution is 0.0563. The van der Waals surface area contributed by atoms with Crippen molar-refractivity contribution < 1.29 is 18.5 Å². The SMILES string of the molecule is COC(=O)c1ccc(CNc2nc(-c3cc(Cl)cc(Cl)c3)no2)o1. The second kappa shape index (κ2) is 6.94. The number of hydrogen-bond acceptors (Lipinski definition) is 7. The molecule has 0 bridgehead atoms. The van der Waals surface area contributed by atoms with Crippen molar-refractivity contribution in [3.8, 4) is 11.4 Å². The molecule has 3 aromatic rings. The van der Waals surface area contributed by atoms with Gasteiger partial charge in [0.2, 0.25) is 11.6 Å². The summed E-state index contributed by atoms with van der Waals surface area (Å²) in [5, 5.41) is 7.71. The maximum absolute atomic E-state index is 11.3. The number of esters is 1. The summed E-state index contributed by atoms with van der Waals surface area (Å²) in [5.74, 6) is 0.436. The molecule has 1 N–H and O–H groups in total. The van der Waals surface area contributed by atoms with Crippen molar-refractivity contribution in [3.05, 3.63) is 51.9 Å². The Kier molecular flexibility index (Phi) is 4.73. The number of carbonyl (C=O) groups is 1. The average molecular weight is 368 g/mol. The van der Waals surface area contributed by atoms with E-state index in [0.717, 1.165) is 0 Å². The number of carbonyl (C=O) groups excluding carboxylic acids is 1. The van der Waals surface area contributed by atoms with E-state index < -0.39 is 5.97 Å². The van der Waals surface area contributed by atoms with Gasteiger partial charge in [0.1, 0.15) is 5.76 Å². The highest BCUT2D eigenvalue weighted by atomic mass is 35.5. The minimum Gasteiger partial charge on any atom is -0.463 e. The number of halogens is 2. The Morgan fingerprint density at radius 3 is 2.71 bits per heavy atom. The third-order valence-corrected chi connectivity index (χ3v) is 3.45. The van der Waals surface area contributed by atoms with Crippen molar-refractivity contribution in [2.75, 3.05) is 12.4 Å². The lowest BCUT2D eigenvalue weighted by atomic mass is 10.2. The first-order chi connectivity index (χ1) is 11.5. The third-order valence-electron chi connectivity index (χ3n) is 3.01. The molecule has 0 amide bonds. The number of anilines is 1. The average Bonchev–Trinajstić information content (AvgIpc) is 3.20. The van der Waals surface area contributed by atoms with E-state index in [2.05, 4.69) is 20.2 Å². The topological polar surface area (TPSA) is 90.4 Å². The molecule has 0 saturated carbocycles. The van der Waals surface area contributed by atoms with Gasteiger partial charge in [0, 0.05) is 15.6 Å². The predicted octanol–water partition coefficient (Wildman–Crippen LogP) is 4.04. The van der Waals surface area contributed by atoms with Crippen LogP contribution in [0.25, 0.3) is 11.4 Å². The van der Waals surface area contributed by atoms with Crippen LogP contribution in [-0.4, -0.2) is 23.2 Å². The molecule has 0 aliphatic heterocycles. The molecule has 2 heterocycles. The van der Waals surface area contributed by atoms with Gasteiger partial charge in [-0.2, -0.15) is 4.98 Å². The monoisotopic (exact) mass is 367 g/mol. The van der Waals surface area contributed by atoms with Crippen LogP contribution in [0.3, 0.4) is 0 Å². The van der Waals surface area contributed by atoms with Crippen molar-refractivity contribution >= 4 is 35.2 Å². The first-order valence-corrected chi connectivity index (χ1v) is 7.52. The van der Waals surface area contributed by atoms with E-state index in [1.165, 1.54) is 13.2 Å². The number of methoxy groups -OCH3 is 1. The first-order valence-electron chi connectivity index (χ1n) is 6.76. The second-order valence-corrected chi connectivity index (χ2v) is 5.57. The van der Waals surface area contributed by atoms with Crippen molar-refractivity contribution in [1.82, 2.24) is 10.1 Å². The van der Waals surface area contributed by atoms with Crippen molar-refractivity contribution in [3.63, 3.8) is 0 Å². The van der Waals surface area contributed by atoms with Crippen LogP contribution in [0.4, 0.5) is 6.01 Å². The number of benzene rings is 1. The lowest BCUT2D eigenvalue weighted by Crippen LogP contribution is -2.00. The molecule has 1 aromatic carbocycles. The van der Waals surface area contributed by atoms with Gasteiger partial charge in [-0.15, -0.1) is 0 Å². The maximum atomic E-state index is 11.3. The number of hydrogen-bond donors (Lipinski definition) is 1. The highest BCUT2D eigenvalue weighted by Gasteiger charge is 2.13. The number of aromatic nitrogens is 2. The molecule has 9 heteroatoms. The summed E-state index contributed by atoms with van der Waals surface area (Å²) in [6, 6.07) is 8.33. The number of furan rings is 1. The fourth-order valence-electron chi connectivity index (χ4n) is 1.94. The molecule has 7 nitrogen and oxygen atoms in total. The predicted molar refractivity (Wildman–Crippen MR) is 87.1 cm³/mol. The van der Waals surface area contributed by atoms with Crippen molar-refractivity contribution in [2.45, 2.75) is 6.54 Å². The van der Waals surface area contributed by atoms with Crippen LogP contribution < -0.4 is 5.32 Å². The summed E-state index contributed by atoms with van der Waals surface area (Å²) in [5.41, 5.74) is 0.635. The summed E-state index contributed by atoms with van der Waals surface area (Å²) in [4.78, 5) is 15.5. The van der Waals surface area contributed by atoms with E-state index in [4.69, 9.17) is 32.1 Å². The van der Waals surface area contributed by atoms with E-state index in [-0.39, 0.29) is 18.3 Å². The highest BCUT2D eigenvalue weighted by molar-refractivity contribution is 6.35. The van der Waals surface area contributed by atoms with Crippen LogP contribution in [0, 0.1) is 0 Å². The van der Waals surface area contributed by atoms with Gasteiger partial charge in [0.25, 0.3) is 0 Å². The molecule has 0 saturated heterocycles. The zero-order valence-electron chi connectivity index (χ0n) is 12.4. The molecule has 24 heavy (non-hydrogen) atoms. The van der Waals surface area contributed by atoms with Crippen LogP contribution in [-0.2, 0) is 11.3 Å². The Morgan fingerprint density at radius 1 is 1.25 bits per heavy atom. The lowest BCUT2D eigenvalue weighted by Gasteiger charge is -1.98. The highest BCUT2D eigenvalue weighted by Crippen LogP contribution is 2.26. The fraction of sp³-hybridized carbons (Fsp3) is 0.133. The normalized spacial score (nSPS) is 10.6. The van der Waals surface area contributed by atoms with Gasteiger partial charge < -0.3 is 19.0 Å². The number of rotatable bonds is 5. The molecule has 3 rings (SSSR count). The summed E-state index contributed by atoms with van der Waals surface area (Å²) >= 11 is 11.9. The van der Waals surface area contributed by atoms with Gasteiger partial charge in [-0.1, -0.05) is 28.4 Å². The number of nitrogens with zero attached hydrogens (tertiary/aromatic N) is 2. The van der Waals surface area contributed by atoms with Crippen LogP contribution in [0.15, 0.2) is 39.3 Å². The summed E-state index contributed by atoms with van der Waals surface area (Å²) in [6.45, 7) is 0.259. The zero-order chi connectivity index (χ0) is 17.1. The van der Waals surface area contributed by atoms with E-state index in [0.29, 0.717) is 27.2 Å². The Balaban J connectivity index is 1.68. The second-order valence-electron chi connectivity index (χ2n) is 4.69. The van der Waals surface area contributed by atoms with Gasteiger partial charge in [-0.3, -0.25) is 0 Å². The minimum absolute atomic E-state index is 0.120. The van der Waals surface area contributed by atoms with Crippen LogP contribution >= 0.6 is 23.2 Å². The largest absolute Gasteiger partial charge is 0.463 e. The van der Waals surface area contributed by atoms with Gasteiger partial charge >= 0.3 is 12.0 Å². The standard InChI is InChI=1S/C15H11Cl2N3O4/c1-22-14(21)12-3-2-11(23-12)7-18-15-19-13(20-24-15)8-4-9(16)6-10(17)5-8/h2-6H,7H2,1H3,(H,18,19,20). The Bertz CT molecular complexity index is 855. The smallest absolute Gasteiger partial charge is 0.373 e. The van der Waals surface area contributed by atoms with Gasteiger partial charge in [0.15, 0.2) is 0 Å². The Hall–Kier alpha value is -2.51. The molecule has 0 unspecified atom stereocenters. The van der Waals surface area contributed by atoms with Crippen molar-refractivity contribution in [2.24, 2.45) is 0 Å². The van der Waals surface area contributed by atoms with Gasteiger partial charge in [0.05, 0.1) is 13.7 Å². The molecule has 0 aliphatic carbocycles. The van der Waals surface area contributed by atoms with Crippen LogP contribution in [0.2, 0.25) is 10.0 Å². The summed E-state index contributed by atoms with van der Waals surface area (Å²) < 4.78 is 15.0. The number of ether oxygens (including phenoxy) is 1. The van der Waals surface area contributed by atoms with E-state index >= 15 is 0 Å². The third kappa shape index (κ3) is 3.69. The molecular formula is C15H11Cl2N3O4. The maximum Gasteiger partial charge on any atom is 0.373 e. The number of nitrogens with one attached hydrogen (secondary N) is 1. The van der Waals surface area contributed by atoms with Gasteiger partial charge in [-0.25, -0.2) is 4.79 Å². The summed E-state index contributed by atoms with van der Waals surface area (Å²) in [7, 11) is 1.28. The molecule has 0 aliphatic rings. The quantitative estimate of drug-likeness (QED) is 0.680. The zero-order valence-corrected chi connectivity index (χ0v) is 13.9.